The van der Waals surface area contributed by atoms with Crippen molar-refractivity contribution in [2.45, 2.75) is 0 Å². The average molecular weight is 337 g/mol. The Kier molecular flexibility index (Phi) is 4.15. The van der Waals surface area contributed by atoms with Crippen LogP contribution >= 0.6 is 27.5 Å². The van der Waals surface area contributed by atoms with E-state index in [-0.39, 0.29) is 5.91 Å². The van der Waals surface area contributed by atoms with Crippen molar-refractivity contribution < 1.29 is 4.79 Å². The number of rotatable bonds is 2. The van der Waals surface area contributed by atoms with Gasteiger partial charge in [0.1, 0.15) is 11.8 Å². The van der Waals surface area contributed by atoms with Crippen LogP contribution in [0, 0.1) is 11.3 Å². The SMILES string of the molecule is N#Cc1ccc(NC(=O)c2ccc(Br)cn2)cc1Cl. The highest BCUT2D eigenvalue weighted by molar-refractivity contribution is 9.10. The predicted molar refractivity (Wildman–Crippen MR) is 76.1 cm³/mol. The van der Waals surface area contributed by atoms with Gasteiger partial charge in [0.25, 0.3) is 5.91 Å². The molecule has 94 valence electrons. The van der Waals surface area contributed by atoms with Crippen molar-refractivity contribution in [2.75, 3.05) is 5.32 Å². The lowest BCUT2D eigenvalue weighted by atomic mass is 10.2. The Bertz CT molecular complexity index is 665. The van der Waals surface area contributed by atoms with Gasteiger partial charge in [-0.2, -0.15) is 5.26 Å². The van der Waals surface area contributed by atoms with Crippen molar-refractivity contribution in [3.05, 3.63) is 57.3 Å². The lowest BCUT2D eigenvalue weighted by molar-refractivity contribution is 0.102. The van der Waals surface area contributed by atoms with Crippen LogP contribution in [0.1, 0.15) is 16.1 Å². The average Bonchev–Trinajstić information content (AvgIpc) is 2.39. The number of amides is 1. The number of aromatic nitrogens is 1. The molecule has 0 bridgehead atoms. The Morgan fingerprint density at radius 3 is 2.74 bits per heavy atom. The molecular formula is C13H7BrClN3O. The number of benzene rings is 1. The maximum atomic E-state index is 11.9. The molecule has 2 rings (SSSR count). The molecule has 0 unspecified atom stereocenters. The Balaban J connectivity index is 2.17. The van der Waals surface area contributed by atoms with Crippen molar-refractivity contribution in [1.82, 2.24) is 4.98 Å². The molecule has 6 heteroatoms. The van der Waals surface area contributed by atoms with Gasteiger partial charge in [-0.15, -0.1) is 0 Å². The first-order valence-electron chi connectivity index (χ1n) is 5.22. The van der Waals surface area contributed by atoms with Crippen LogP contribution in [0.15, 0.2) is 41.0 Å². The van der Waals surface area contributed by atoms with Gasteiger partial charge >= 0.3 is 0 Å². The van der Waals surface area contributed by atoms with Gasteiger partial charge in [0, 0.05) is 16.4 Å². The second-order valence-electron chi connectivity index (χ2n) is 3.62. The molecule has 0 aliphatic heterocycles. The van der Waals surface area contributed by atoms with E-state index in [0.29, 0.717) is 22.0 Å². The van der Waals surface area contributed by atoms with Gasteiger partial charge < -0.3 is 5.32 Å². The Morgan fingerprint density at radius 2 is 2.16 bits per heavy atom. The molecule has 1 aromatic carbocycles. The highest BCUT2D eigenvalue weighted by atomic mass is 79.9. The monoisotopic (exact) mass is 335 g/mol. The summed E-state index contributed by atoms with van der Waals surface area (Å²) >= 11 is 9.13. The standard InChI is InChI=1S/C13H7BrClN3O/c14-9-2-4-12(17-7-9)13(19)18-10-3-1-8(6-16)11(15)5-10/h1-5,7H,(H,18,19). The Morgan fingerprint density at radius 1 is 1.37 bits per heavy atom. The number of hydrogen-bond acceptors (Lipinski definition) is 3. The van der Waals surface area contributed by atoms with E-state index in [9.17, 15) is 4.79 Å². The summed E-state index contributed by atoms with van der Waals surface area (Å²) in [6, 6.07) is 9.97. The van der Waals surface area contributed by atoms with Crippen molar-refractivity contribution in [3.8, 4) is 6.07 Å². The number of nitriles is 1. The van der Waals surface area contributed by atoms with Crippen LogP contribution in [0.25, 0.3) is 0 Å². The molecule has 0 aliphatic carbocycles. The Labute approximate surface area is 123 Å². The zero-order valence-corrected chi connectivity index (χ0v) is 11.9. The molecule has 0 radical (unpaired) electrons. The topological polar surface area (TPSA) is 65.8 Å². The first-order chi connectivity index (χ1) is 9.10. The van der Waals surface area contributed by atoms with E-state index in [1.54, 1.807) is 30.5 Å². The zero-order chi connectivity index (χ0) is 13.8. The highest BCUT2D eigenvalue weighted by Crippen LogP contribution is 2.20. The molecule has 2 aromatic rings. The van der Waals surface area contributed by atoms with Gasteiger partial charge in [-0.25, -0.2) is 4.98 Å². The van der Waals surface area contributed by atoms with Crippen LogP contribution in [0.2, 0.25) is 5.02 Å². The van der Waals surface area contributed by atoms with Crippen LogP contribution in [-0.4, -0.2) is 10.9 Å². The van der Waals surface area contributed by atoms with E-state index in [0.717, 1.165) is 4.47 Å². The molecule has 1 N–H and O–H groups in total. The summed E-state index contributed by atoms with van der Waals surface area (Å²) in [4.78, 5) is 15.9. The minimum atomic E-state index is -0.340. The molecule has 0 saturated heterocycles. The molecule has 1 heterocycles. The molecule has 0 fully saturated rings. The lowest BCUT2D eigenvalue weighted by Crippen LogP contribution is -2.13. The summed E-state index contributed by atoms with van der Waals surface area (Å²) in [5.41, 5.74) is 1.17. The molecule has 0 aliphatic rings. The normalized spacial score (nSPS) is 9.74. The molecule has 1 amide bonds. The molecule has 1 aromatic heterocycles. The maximum Gasteiger partial charge on any atom is 0.274 e. The number of nitrogens with one attached hydrogen (secondary N) is 1. The molecule has 0 spiro atoms. The van der Waals surface area contributed by atoms with Gasteiger partial charge in [-0.05, 0) is 46.3 Å². The molecule has 4 nitrogen and oxygen atoms in total. The lowest BCUT2D eigenvalue weighted by Gasteiger charge is -2.05. The third-order valence-corrected chi connectivity index (χ3v) is 3.09. The Hall–Kier alpha value is -1.90. The second-order valence-corrected chi connectivity index (χ2v) is 4.95. The molecular weight excluding hydrogens is 330 g/mol. The quantitative estimate of drug-likeness (QED) is 0.911. The predicted octanol–water partition coefficient (Wildman–Crippen LogP) is 3.62. The van der Waals surface area contributed by atoms with E-state index in [1.807, 2.05) is 6.07 Å². The summed E-state index contributed by atoms with van der Waals surface area (Å²) in [7, 11) is 0. The van der Waals surface area contributed by atoms with Crippen LogP contribution in [0.4, 0.5) is 5.69 Å². The summed E-state index contributed by atoms with van der Waals surface area (Å²) < 4.78 is 0.797. The van der Waals surface area contributed by atoms with E-state index in [4.69, 9.17) is 16.9 Å². The van der Waals surface area contributed by atoms with Crippen LogP contribution in [0.5, 0.6) is 0 Å². The van der Waals surface area contributed by atoms with Crippen molar-refractivity contribution in [3.63, 3.8) is 0 Å². The number of anilines is 1. The van der Waals surface area contributed by atoms with Crippen LogP contribution in [0.3, 0.4) is 0 Å². The van der Waals surface area contributed by atoms with Gasteiger partial charge in [0.2, 0.25) is 0 Å². The van der Waals surface area contributed by atoms with Crippen molar-refractivity contribution in [1.29, 1.82) is 5.26 Å². The summed E-state index contributed by atoms with van der Waals surface area (Å²) in [5.74, 6) is -0.340. The summed E-state index contributed by atoms with van der Waals surface area (Å²) in [6.07, 6.45) is 1.54. The number of pyridine rings is 1. The van der Waals surface area contributed by atoms with E-state index in [1.165, 1.54) is 6.07 Å². The van der Waals surface area contributed by atoms with Gasteiger partial charge in [-0.1, -0.05) is 11.6 Å². The minimum absolute atomic E-state index is 0.295. The summed E-state index contributed by atoms with van der Waals surface area (Å²) in [6.45, 7) is 0. The van der Waals surface area contributed by atoms with E-state index < -0.39 is 0 Å². The number of halogens is 2. The van der Waals surface area contributed by atoms with E-state index >= 15 is 0 Å². The minimum Gasteiger partial charge on any atom is -0.321 e. The number of carbonyl (C=O) groups excluding carboxylic acids is 1. The number of nitrogens with zero attached hydrogens (tertiary/aromatic N) is 2. The van der Waals surface area contributed by atoms with E-state index in [2.05, 4.69) is 26.2 Å². The van der Waals surface area contributed by atoms with Gasteiger partial charge in [-0.3, -0.25) is 4.79 Å². The fraction of sp³-hybridized carbons (Fsp3) is 0. The zero-order valence-electron chi connectivity index (χ0n) is 9.52. The first-order valence-corrected chi connectivity index (χ1v) is 6.40. The summed E-state index contributed by atoms with van der Waals surface area (Å²) in [5, 5.41) is 11.7. The van der Waals surface area contributed by atoms with Gasteiger partial charge in [0.15, 0.2) is 0 Å². The third kappa shape index (κ3) is 3.31. The maximum absolute atomic E-state index is 11.9. The second kappa shape index (κ2) is 5.83. The van der Waals surface area contributed by atoms with Crippen molar-refractivity contribution in [2.24, 2.45) is 0 Å². The smallest absolute Gasteiger partial charge is 0.274 e. The first kappa shape index (κ1) is 13.5. The van der Waals surface area contributed by atoms with Crippen LogP contribution < -0.4 is 5.32 Å². The number of hydrogen-bond donors (Lipinski definition) is 1. The molecule has 19 heavy (non-hydrogen) atoms. The number of carbonyl (C=O) groups is 1. The largest absolute Gasteiger partial charge is 0.321 e. The fourth-order valence-electron chi connectivity index (χ4n) is 1.39. The van der Waals surface area contributed by atoms with Crippen molar-refractivity contribution >= 4 is 39.1 Å². The molecule has 0 saturated carbocycles. The van der Waals surface area contributed by atoms with Crippen LogP contribution in [-0.2, 0) is 0 Å². The molecule has 0 atom stereocenters. The third-order valence-electron chi connectivity index (χ3n) is 2.31. The van der Waals surface area contributed by atoms with Gasteiger partial charge in [0.05, 0.1) is 10.6 Å². The fourth-order valence-corrected chi connectivity index (χ4v) is 1.85. The highest BCUT2D eigenvalue weighted by Gasteiger charge is 2.08.